The van der Waals surface area contributed by atoms with Gasteiger partial charge < -0.3 is 0 Å². The highest BCUT2D eigenvalue weighted by Crippen LogP contribution is 2.36. The van der Waals surface area contributed by atoms with Crippen LogP contribution in [0.5, 0.6) is 0 Å². The molecule has 0 aliphatic carbocycles. The van der Waals surface area contributed by atoms with Gasteiger partial charge in [-0.05, 0) is 24.6 Å². The summed E-state index contributed by atoms with van der Waals surface area (Å²) < 4.78 is 73.1. The molecule has 0 atom stereocenters. The van der Waals surface area contributed by atoms with Gasteiger partial charge in [0.25, 0.3) is 0 Å². The van der Waals surface area contributed by atoms with Crippen LogP contribution in [0, 0.1) is 6.92 Å². The molecular formula is C10H10F6. The Balaban J connectivity index is 0.00000225. The fourth-order valence-electron chi connectivity index (χ4n) is 1.10. The highest BCUT2D eigenvalue weighted by Gasteiger charge is 2.37. The summed E-state index contributed by atoms with van der Waals surface area (Å²) in [5.74, 6) is 0. The highest BCUT2D eigenvalue weighted by molar-refractivity contribution is 5.34. The molecule has 0 unspecified atom stereocenters. The molecule has 0 saturated carbocycles. The Labute approximate surface area is 88.9 Å². The summed E-state index contributed by atoms with van der Waals surface area (Å²) in [5, 5.41) is 0. The molecule has 0 radical (unpaired) electrons. The molecule has 0 amide bonds. The number of hydrogen-bond donors (Lipinski definition) is 0. The zero-order chi connectivity index (χ0) is 11.9. The topological polar surface area (TPSA) is 0 Å². The Kier molecular flexibility index (Phi) is 4.02. The lowest BCUT2D eigenvalue weighted by molar-refractivity contribution is -0.143. The van der Waals surface area contributed by atoms with Crippen LogP contribution in [-0.2, 0) is 12.4 Å². The first-order valence-corrected chi connectivity index (χ1v) is 3.87. The van der Waals surface area contributed by atoms with Crippen molar-refractivity contribution in [3.63, 3.8) is 0 Å². The van der Waals surface area contributed by atoms with E-state index in [2.05, 4.69) is 0 Å². The lowest BCUT2D eigenvalue weighted by Crippen LogP contribution is -2.12. The number of alkyl halides is 6. The van der Waals surface area contributed by atoms with E-state index in [1.165, 1.54) is 0 Å². The van der Waals surface area contributed by atoms with Crippen molar-refractivity contribution < 1.29 is 26.3 Å². The fraction of sp³-hybridized carbons (Fsp3) is 0.400. The van der Waals surface area contributed by atoms with Crippen LogP contribution in [0.2, 0.25) is 0 Å². The minimum absolute atomic E-state index is 0. The smallest absolute Gasteiger partial charge is 0.166 e. The lowest BCUT2D eigenvalue weighted by atomic mass is 10.0. The van der Waals surface area contributed by atoms with Crippen molar-refractivity contribution in [2.75, 3.05) is 0 Å². The van der Waals surface area contributed by atoms with Crippen molar-refractivity contribution in [1.82, 2.24) is 0 Å². The summed E-state index contributed by atoms with van der Waals surface area (Å²) in [4.78, 5) is 0. The van der Waals surface area contributed by atoms with Gasteiger partial charge in [0.2, 0.25) is 0 Å². The predicted octanol–water partition coefficient (Wildman–Crippen LogP) is 4.67. The standard InChI is InChI=1S/C9H6F6.CH4/c1-5-2-3-6(8(10,11)12)4-7(5)9(13,14)15;/h2-4H,1H3;1H4. The Hall–Kier alpha value is -1.20. The summed E-state index contributed by atoms with van der Waals surface area (Å²) >= 11 is 0. The molecule has 0 fully saturated rings. The molecule has 1 aromatic carbocycles. The molecule has 0 heterocycles. The average Bonchev–Trinajstić information content (AvgIpc) is 2.00. The van der Waals surface area contributed by atoms with Crippen LogP contribution < -0.4 is 0 Å². The normalized spacial score (nSPS) is 12.2. The third kappa shape index (κ3) is 3.15. The Morgan fingerprint density at radius 2 is 1.38 bits per heavy atom. The highest BCUT2D eigenvalue weighted by atomic mass is 19.4. The molecule has 0 spiro atoms. The van der Waals surface area contributed by atoms with Crippen LogP contribution in [0.3, 0.4) is 0 Å². The van der Waals surface area contributed by atoms with E-state index in [9.17, 15) is 26.3 Å². The fourth-order valence-corrected chi connectivity index (χ4v) is 1.10. The van der Waals surface area contributed by atoms with Gasteiger partial charge in [-0.2, -0.15) is 26.3 Å². The van der Waals surface area contributed by atoms with Crippen molar-refractivity contribution in [1.29, 1.82) is 0 Å². The van der Waals surface area contributed by atoms with Gasteiger partial charge >= 0.3 is 12.4 Å². The van der Waals surface area contributed by atoms with Crippen molar-refractivity contribution in [3.8, 4) is 0 Å². The second-order valence-electron chi connectivity index (χ2n) is 3.03. The maximum Gasteiger partial charge on any atom is 0.416 e. The van der Waals surface area contributed by atoms with Crippen molar-refractivity contribution in [3.05, 3.63) is 34.9 Å². The summed E-state index contributed by atoms with van der Waals surface area (Å²) in [7, 11) is 0. The molecule has 1 aromatic rings. The molecule has 6 heteroatoms. The number of benzene rings is 1. The number of rotatable bonds is 0. The van der Waals surface area contributed by atoms with Gasteiger partial charge in [0, 0.05) is 0 Å². The van der Waals surface area contributed by atoms with E-state index in [1.54, 1.807) is 0 Å². The van der Waals surface area contributed by atoms with Crippen LogP contribution in [-0.4, -0.2) is 0 Å². The van der Waals surface area contributed by atoms with Gasteiger partial charge in [0.1, 0.15) is 0 Å². The van der Waals surface area contributed by atoms with E-state index in [4.69, 9.17) is 0 Å². The second-order valence-corrected chi connectivity index (χ2v) is 3.03. The monoisotopic (exact) mass is 244 g/mol. The van der Waals surface area contributed by atoms with Gasteiger partial charge in [-0.25, -0.2) is 0 Å². The minimum atomic E-state index is -4.76. The van der Waals surface area contributed by atoms with E-state index >= 15 is 0 Å². The molecule has 0 nitrogen and oxygen atoms in total. The number of hydrogen-bond acceptors (Lipinski definition) is 0. The van der Waals surface area contributed by atoms with Crippen LogP contribution in [0.4, 0.5) is 26.3 Å². The second kappa shape index (κ2) is 4.35. The summed E-state index contributed by atoms with van der Waals surface area (Å²) in [5.41, 5.74) is -2.77. The molecule has 0 N–H and O–H groups in total. The molecule has 0 aromatic heterocycles. The molecule has 0 bridgehead atoms. The maximum absolute atomic E-state index is 12.2. The largest absolute Gasteiger partial charge is 0.416 e. The Morgan fingerprint density at radius 1 is 0.875 bits per heavy atom. The third-order valence-corrected chi connectivity index (χ3v) is 1.87. The summed E-state index contributed by atoms with van der Waals surface area (Å²) in [6, 6.07) is 1.56. The van der Waals surface area contributed by atoms with Gasteiger partial charge in [-0.1, -0.05) is 13.5 Å². The van der Waals surface area contributed by atoms with E-state index in [0.29, 0.717) is 6.07 Å². The first kappa shape index (κ1) is 14.8. The minimum Gasteiger partial charge on any atom is -0.166 e. The van der Waals surface area contributed by atoms with Gasteiger partial charge in [0.05, 0.1) is 11.1 Å². The van der Waals surface area contributed by atoms with Crippen LogP contribution >= 0.6 is 0 Å². The van der Waals surface area contributed by atoms with Gasteiger partial charge in [-0.15, -0.1) is 0 Å². The molecule has 0 aliphatic heterocycles. The zero-order valence-corrected chi connectivity index (χ0v) is 7.50. The number of aryl methyl sites for hydroxylation is 1. The van der Waals surface area contributed by atoms with Crippen molar-refractivity contribution in [2.24, 2.45) is 0 Å². The Morgan fingerprint density at radius 3 is 1.75 bits per heavy atom. The first-order chi connectivity index (χ1) is 6.62. The summed E-state index contributed by atoms with van der Waals surface area (Å²) in [6.45, 7) is 1.11. The molecule has 16 heavy (non-hydrogen) atoms. The zero-order valence-electron chi connectivity index (χ0n) is 7.50. The molecule has 0 aliphatic rings. The Bertz CT molecular complexity index is 361. The first-order valence-electron chi connectivity index (χ1n) is 3.87. The summed E-state index contributed by atoms with van der Waals surface area (Å²) in [6.07, 6.45) is -9.51. The lowest BCUT2D eigenvalue weighted by Gasteiger charge is -2.13. The van der Waals surface area contributed by atoms with E-state index in [0.717, 1.165) is 13.0 Å². The van der Waals surface area contributed by atoms with E-state index in [-0.39, 0.29) is 19.1 Å². The van der Waals surface area contributed by atoms with Gasteiger partial charge in [-0.3, -0.25) is 0 Å². The maximum atomic E-state index is 12.2. The average molecular weight is 244 g/mol. The third-order valence-electron chi connectivity index (χ3n) is 1.87. The van der Waals surface area contributed by atoms with Crippen molar-refractivity contribution >= 4 is 0 Å². The van der Waals surface area contributed by atoms with E-state index < -0.39 is 23.5 Å². The molecule has 1 rings (SSSR count). The van der Waals surface area contributed by atoms with Crippen LogP contribution in [0.25, 0.3) is 0 Å². The van der Waals surface area contributed by atoms with Gasteiger partial charge in [0.15, 0.2) is 0 Å². The predicted molar refractivity (Wildman–Crippen MR) is 47.9 cm³/mol. The van der Waals surface area contributed by atoms with Crippen LogP contribution in [0.1, 0.15) is 24.1 Å². The molecular weight excluding hydrogens is 234 g/mol. The van der Waals surface area contributed by atoms with Crippen molar-refractivity contribution in [2.45, 2.75) is 26.7 Å². The molecule has 0 saturated heterocycles. The molecule has 92 valence electrons. The van der Waals surface area contributed by atoms with E-state index in [1.807, 2.05) is 0 Å². The SMILES string of the molecule is C.Cc1ccc(C(F)(F)F)cc1C(F)(F)F. The quantitative estimate of drug-likeness (QED) is 0.582. The van der Waals surface area contributed by atoms with Crippen LogP contribution in [0.15, 0.2) is 18.2 Å². The number of halogens is 6.